The van der Waals surface area contributed by atoms with Crippen LogP contribution in [0.4, 0.5) is 0 Å². The Morgan fingerprint density at radius 2 is 0.927 bits per heavy atom. The third kappa shape index (κ3) is 5.53. The molecule has 8 nitrogen and oxygen atoms in total. The van der Waals surface area contributed by atoms with E-state index in [1.165, 1.54) is 0 Å². The van der Waals surface area contributed by atoms with Gasteiger partial charge in [0.05, 0.1) is 11.1 Å². The number of carbonyl (C=O) groups is 2. The number of hydrogen-bond acceptors (Lipinski definition) is 8. The number of oxime groups is 2. The predicted octanol–water partition coefficient (Wildman–Crippen LogP) is 5.79. The van der Waals surface area contributed by atoms with Crippen molar-refractivity contribution in [2.75, 3.05) is 6.79 Å². The first-order chi connectivity index (χ1) is 20.2. The molecule has 0 radical (unpaired) electrons. The number of para-hydroxylation sites is 2. The lowest BCUT2D eigenvalue weighted by Gasteiger charge is -2.13. The van der Waals surface area contributed by atoms with Crippen LogP contribution in [0.15, 0.2) is 131 Å². The molecule has 4 aromatic rings. The molecule has 41 heavy (non-hydrogen) atoms. The van der Waals surface area contributed by atoms with Crippen molar-refractivity contribution in [2.24, 2.45) is 10.3 Å². The Morgan fingerprint density at radius 1 is 0.537 bits per heavy atom. The van der Waals surface area contributed by atoms with E-state index < -0.39 is 11.9 Å². The summed E-state index contributed by atoms with van der Waals surface area (Å²) in [4.78, 5) is 34.9. The van der Waals surface area contributed by atoms with E-state index in [1.807, 2.05) is 97.1 Å². The van der Waals surface area contributed by atoms with Crippen LogP contribution in [0.5, 0.6) is 11.5 Å². The second kappa shape index (κ2) is 11.5. The Balaban J connectivity index is 1.21. The summed E-state index contributed by atoms with van der Waals surface area (Å²) in [5, 5.41) is 7.93. The molecule has 2 aliphatic heterocycles. The lowest BCUT2D eigenvalue weighted by atomic mass is 10.0. The van der Waals surface area contributed by atoms with Crippen LogP contribution in [0, 0.1) is 0 Å². The van der Waals surface area contributed by atoms with E-state index in [9.17, 15) is 9.59 Å². The highest BCUT2D eigenvalue weighted by molar-refractivity contribution is 6.32. The van der Waals surface area contributed by atoms with Gasteiger partial charge in [-0.25, -0.2) is 9.59 Å². The lowest BCUT2D eigenvalue weighted by molar-refractivity contribution is -0.137. The summed E-state index contributed by atoms with van der Waals surface area (Å²) in [6.07, 6.45) is 3.37. The van der Waals surface area contributed by atoms with Crippen molar-refractivity contribution in [1.29, 1.82) is 0 Å². The summed E-state index contributed by atoms with van der Waals surface area (Å²) < 4.78 is 11.9. The Hall–Kier alpha value is -5.76. The van der Waals surface area contributed by atoms with Gasteiger partial charge in [0.15, 0.2) is 0 Å². The minimum absolute atomic E-state index is 0.130. The SMILES string of the molecule is O=C1ON=C(c2ccccc2)/C1=C/c1ccccc1OCOc1ccccc1/C=C1/C(=O)ON=C1c1ccccc1. The van der Waals surface area contributed by atoms with Crippen LogP contribution < -0.4 is 9.47 Å². The van der Waals surface area contributed by atoms with Gasteiger partial charge in [0.1, 0.15) is 22.9 Å². The lowest BCUT2D eigenvalue weighted by Crippen LogP contribution is -2.09. The van der Waals surface area contributed by atoms with Gasteiger partial charge in [0, 0.05) is 22.3 Å². The van der Waals surface area contributed by atoms with E-state index in [4.69, 9.17) is 19.1 Å². The fourth-order valence-electron chi connectivity index (χ4n) is 4.36. The highest BCUT2D eigenvalue weighted by atomic mass is 16.7. The molecule has 0 saturated carbocycles. The van der Waals surface area contributed by atoms with Crippen LogP contribution in [0.1, 0.15) is 22.3 Å². The minimum Gasteiger partial charge on any atom is -0.457 e. The fraction of sp³-hybridized carbons (Fsp3) is 0.0303. The normalized spacial score (nSPS) is 16.3. The quantitative estimate of drug-likeness (QED) is 0.159. The van der Waals surface area contributed by atoms with Crippen LogP contribution in [0.2, 0.25) is 0 Å². The summed E-state index contributed by atoms with van der Waals surface area (Å²) in [6, 6.07) is 33.2. The molecule has 2 heterocycles. The van der Waals surface area contributed by atoms with Crippen LogP contribution in [-0.4, -0.2) is 30.2 Å². The summed E-state index contributed by atoms with van der Waals surface area (Å²) in [6.45, 7) is -0.130. The fourth-order valence-corrected chi connectivity index (χ4v) is 4.36. The Labute approximate surface area is 235 Å². The molecule has 0 bridgehead atoms. The number of nitrogens with zero attached hydrogens (tertiary/aromatic N) is 2. The topological polar surface area (TPSA) is 95.8 Å². The maximum Gasteiger partial charge on any atom is 0.368 e. The van der Waals surface area contributed by atoms with Crippen molar-refractivity contribution < 1.29 is 28.7 Å². The first kappa shape index (κ1) is 25.5. The molecule has 0 aliphatic carbocycles. The zero-order valence-corrected chi connectivity index (χ0v) is 21.6. The van der Waals surface area contributed by atoms with Crippen LogP contribution >= 0.6 is 0 Å². The van der Waals surface area contributed by atoms with Crippen molar-refractivity contribution in [1.82, 2.24) is 0 Å². The van der Waals surface area contributed by atoms with Gasteiger partial charge in [-0.1, -0.05) is 107 Å². The second-order valence-corrected chi connectivity index (χ2v) is 8.97. The summed E-state index contributed by atoms with van der Waals surface area (Å²) in [5.74, 6) is -0.0805. The zero-order valence-electron chi connectivity index (χ0n) is 21.6. The number of carbonyl (C=O) groups excluding carboxylic acids is 2. The van der Waals surface area contributed by atoms with Crippen LogP contribution in [0.25, 0.3) is 12.2 Å². The first-order valence-electron chi connectivity index (χ1n) is 12.7. The second-order valence-electron chi connectivity index (χ2n) is 8.97. The van der Waals surface area contributed by atoms with Crippen molar-refractivity contribution in [3.05, 3.63) is 143 Å². The van der Waals surface area contributed by atoms with Gasteiger partial charge >= 0.3 is 11.9 Å². The summed E-state index contributed by atoms with van der Waals surface area (Å²) in [5.41, 5.74) is 4.39. The van der Waals surface area contributed by atoms with E-state index in [1.54, 1.807) is 24.3 Å². The van der Waals surface area contributed by atoms with E-state index in [2.05, 4.69) is 10.3 Å². The molecule has 0 amide bonds. The van der Waals surface area contributed by atoms with E-state index in [0.29, 0.717) is 45.2 Å². The average molecular weight is 543 g/mol. The highest BCUT2D eigenvalue weighted by Gasteiger charge is 2.28. The van der Waals surface area contributed by atoms with E-state index in [0.717, 1.165) is 11.1 Å². The zero-order chi connectivity index (χ0) is 28.0. The number of hydrogen-bond donors (Lipinski definition) is 0. The van der Waals surface area contributed by atoms with Crippen LogP contribution in [-0.2, 0) is 19.3 Å². The maximum atomic E-state index is 12.5. The molecular weight excluding hydrogens is 520 g/mol. The van der Waals surface area contributed by atoms with Gasteiger partial charge in [0.2, 0.25) is 6.79 Å². The average Bonchev–Trinajstić information content (AvgIpc) is 3.57. The number of ether oxygens (including phenoxy) is 2. The smallest absolute Gasteiger partial charge is 0.368 e. The largest absolute Gasteiger partial charge is 0.457 e. The monoisotopic (exact) mass is 542 g/mol. The highest BCUT2D eigenvalue weighted by Crippen LogP contribution is 2.28. The predicted molar refractivity (Wildman–Crippen MR) is 153 cm³/mol. The molecule has 0 atom stereocenters. The van der Waals surface area contributed by atoms with Gasteiger partial charge < -0.3 is 19.1 Å². The van der Waals surface area contributed by atoms with Crippen molar-refractivity contribution in [3.8, 4) is 11.5 Å². The molecule has 4 aromatic carbocycles. The Bertz CT molecular complexity index is 1610. The van der Waals surface area contributed by atoms with Gasteiger partial charge in [-0.3, -0.25) is 0 Å². The maximum absolute atomic E-state index is 12.5. The molecule has 0 fully saturated rings. The van der Waals surface area contributed by atoms with Gasteiger partial charge in [-0.2, -0.15) is 0 Å². The molecule has 8 heteroatoms. The molecule has 0 spiro atoms. The molecular formula is C33H22N2O6. The molecule has 2 aliphatic rings. The molecule has 6 rings (SSSR count). The molecule has 200 valence electrons. The Morgan fingerprint density at radius 3 is 1.37 bits per heavy atom. The molecule has 0 N–H and O–H groups in total. The summed E-state index contributed by atoms with van der Waals surface area (Å²) in [7, 11) is 0. The standard InChI is InChI=1S/C33H22N2O6/c36-32-26(30(34-40-32)22-11-3-1-4-12-22)19-24-15-7-9-17-28(24)38-21-39-29-18-10-8-16-25(29)20-27-31(35-41-33(27)37)23-13-5-2-6-14-23/h1-20H,21H2/b26-19-,27-20+. The van der Waals surface area contributed by atoms with Gasteiger partial charge in [-0.15, -0.1) is 0 Å². The van der Waals surface area contributed by atoms with Gasteiger partial charge in [-0.05, 0) is 24.3 Å². The summed E-state index contributed by atoms with van der Waals surface area (Å²) >= 11 is 0. The van der Waals surface area contributed by atoms with Crippen molar-refractivity contribution in [2.45, 2.75) is 0 Å². The molecule has 0 unspecified atom stereocenters. The van der Waals surface area contributed by atoms with E-state index in [-0.39, 0.29) is 6.79 Å². The third-order valence-corrected chi connectivity index (χ3v) is 6.35. The molecule has 0 aromatic heterocycles. The Kier molecular flexibility index (Phi) is 7.19. The number of benzene rings is 4. The first-order valence-corrected chi connectivity index (χ1v) is 12.7. The molecule has 0 saturated heterocycles. The van der Waals surface area contributed by atoms with Crippen LogP contribution in [0.3, 0.4) is 0 Å². The van der Waals surface area contributed by atoms with Crippen molar-refractivity contribution in [3.63, 3.8) is 0 Å². The van der Waals surface area contributed by atoms with Crippen molar-refractivity contribution >= 4 is 35.5 Å². The van der Waals surface area contributed by atoms with E-state index >= 15 is 0 Å². The van der Waals surface area contributed by atoms with Gasteiger partial charge in [0.25, 0.3) is 0 Å². The minimum atomic E-state index is -0.541. The number of rotatable bonds is 8. The third-order valence-electron chi connectivity index (χ3n) is 6.35.